The van der Waals surface area contributed by atoms with Crippen molar-refractivity contribution in [3.05, 3.63) is 63.7 Å². The molecular weight excluding hydrogens is 462 g/mol. The van der Waals surface area contributed by atoms with E-state index < -0.39 is 10.0 Å². The number of likely N-dealkylation sites (N-methyl/N-ethyl adjacent to an activating group) is 1. The van der Waals surface area contributed by atoms with Gasteiger partial charge < -0.3 is 4.90 Å². The maximum absolute atomic E-state index is 13.3. The summed E-state index contributed by atoms with van der Waals surface area (Å²) in [6.45, 7) is 4.78. The van der Waals surface area contributed by atoms with E-state index >= 15 is 0 Å². The normalized spacial score (nSPS) is 16.7. The van der Waals surface area contributed by atoms with E-state index in [2.05, 4.69) is 32.8 Å². The van der Waals surface area contributed by atoms with Crippen LogP contribution in [0, 0.1) is 0 Å². The second kappa shape index (κ2) is 7.80. The molecule has 0 saturated carbocycles. The summed E-state index contributed by atoms with van der Waals surface area (Å²) in [6.07, 6.45) is 1.51. The minimum Gasteiger partial charge on any atom is -0.304 e. The number of piperazine rings is 1. The summed E-state index contributed by atoms with van der Waals surface area (Å²) in [5.41, 5.74) is 1.65. The molecule has 4 rings (SSSR count). The molecule has 0 radical (unpaired) electrons. The highest BCUT2D eigenvalue weighted by atomic mass is 79.9. The van der Waals surface area contributed by atoms with Crippen LogP contribution < -0.4 is 0 Å². The van der Waals surface area contributed by atoms with Gasteiger partial charge in [0.1, 0.15) is 4.90 Å². The highest BCUT2D eigenvalue weighted by Crippen LogP contribution is 2.34. The topological polar surface area (TPSA) is 45.5 Å². The first-order chi connectivity index (χ1) is 13.4. The van der Waals surface area contributed by atoms with Crippen LogP contribution in [0.3, 0.4) is 0 Å². The fraction of sp³-hybridized carbons (Fsp3) is 0.300. The first-order valence-electron chi connectivity index (χ1n) is 9.07. The maximum atomic E-state index is 13.3. The number of rotatable bonds is 4. The van der Waals surface area contributed by atoms with Crippen molar-refractivity contribution < 1.29 is 8.42 Å². The third kappa shape index (κ3) is 3.62. The molecule has 8 heteroatoms. The lowest BCUT2D eigenvalue weighted by molar-refractivity contribution is 0.148. The third-order valence-electron chi connectivity index (χ3n) is 5.20. The SMILES string of the molecule is CN1CCN(Cc2cccc3c2c(Cl)cn3S(=O)(=O)c2ccccc2Br)CC1. The molecule has 2 heterocycles. The maximum Gasteiger partial charge on any atom is 0.269 e. The zero-order valence-corrected chi connectivity index (χ0v) is 18.6. The van der Waals surface area contributed by atoms with Gasteiger partial charge in [-0.15, -0.1) is 0 Å². The molecular formula is C20H21BrClN3O2S. The number of halogens is 2. The monoisotopic (exact) mass is 481 g/mol. The van der Waals surface area contributed by atoms with Crippen molar-refractivity contribution in [1.29, 1.82) is 0 Å². The Labute approximate surface area is 178 Å². The average molecular weight is 483 g/mol. The van der Waals surface area contributed by atoms with E-state index in [0.29, 0.717) is 15.0 Å². The predicted octanol–water partition coefficient (Wildman–Crippen LogP) is 4.04. The molecule has 1 fully saturated rings. The Balaban J connectivity index is 1.77. The van der Waals surface area contributed by atoms with Gasteiger partial charge in [-0.2, -0.15) is 0 Å². The molecule has 1 aliphatic rings. The number of fused-ring (bicyclic) bond motifs is 1. The Morgan fingerprint density at radius 3 is 2.46 bits per heavy atom. The molecule has 28 heavy (non-hydrogen) atoms. The Kier molecular flexibility index (Phi) is 5.55. The first-order valence-corrected chi connectivity index (χ1v) is 11.7. The molecule has 0 bridgehead atoms. The Morgan fingerprint density at radius 1 is 1.04 bits per heavy atom. The fourth-order valence-corrected chi connectivity index (χ4v) is 6.32. The molecule has 0 N–H and O–H groups in total. The first kappa shape index (κ1) is 19.9. The molecule has 0 aliphatic carbocycles. The Hall–Kier alpha value is -1.38. The minimum absolute atomic E-state index is 0.216. The van der Waals surface area contributed by atoms with Crippen molar-refractivity contribution in [1.82, 2.24) is 13.8 Å². The van der Waals surface area contributed by atoms with Gasteiger partial charge in [0, 0.05) is 48.8 Å². The van der Waals surface area contributed by atoms with Crippen LogP contribution in [-0.4, -0.2) is 55.4 Å². The minimum atomic E-state index is -3.77. The van der Waals surface area contributed by atoms with Crippen LogP contribution in [0.2, 0.25) is 5.02 Å². The summed E-state index contributed by atoms with van der Waals surface area (Å²) >= 11 is 9.88. The van der Waals surface area contributed by atoms with E-state index in [9.17, 15) is 8.42 Å². The van der Waals surface area contributed by atoms with E-state index in [0.717, 1.165) is 43.7 Å². The molecule has 0 atom stereocenters. The zero-order valence-electron chi connectivity index (χ0n) is 15.5. The molecule has 3 aromatic rings. The van der Waals surface area contributed by atoms with Crippen LogP contribution in [0.5, 0.6) is 0 Å². The number of benzene rings is 2. The average Bonchev–Trinajstić information content (AvgIpc) is 3.02. The van der Waals surface area contributed by atoms with Crippen LogP contribution in [0.4, 0.5) is 0 Å². The summed E-state index contributed by atoms with van der Waals surface area (Å²) in [4.78, 5) is 4.91. The van der Waals surface area contributed by atoms with Gasteiger partial charge >= 0.3 is 0 Å². The van der Waals surface area contributed by atoms with Crippen molar-refractivity contribution in [3.8, 4) is 0 Å². The van der Waals surface area contributed by atoms with E-state index in [1.54, 1.807) is 24.3 Å². The van der Waals surface area contributed by atoms with Crippen molar-refractivity contribution in [2.75, 3.05) is 33.2 Å². The van der Waals surface area contributed by atoms with Crippen molar-refractivity contribution in [2.24, 2.45) is 0 Å². The summed E-state index contributed by atoms with van der Waals surface area (Å²) in [5, 5.41) is 1.26. The van der Waals surface area contributed by atoms with Crippen LogP contribution in [0.15, 0.2) is 58.0 Å². The Bertz CT molecular complexity index is 1120. The molecule has 0 unspecified atom stereocenters. The molecule has 5 nitrogen and oxygen atoms in total. The van der Waals surface area contributed by atoms with Gasteiger partial charge in [0.25, 0.3) is 10.0 Å². The van der Waals surface area contributed by atoms with Crippen LogP contribution in [0.25, 0.3) is 10.9 Å². The van der Waals surface area contributed by atoms with Crippen LogP contribution in [0.1, 0.15) is 5.56 Å². The standard InChI is InChI=1S/C20H21BrClN3O2S/c1-23-9-11-24(12-10-23)13-15-5-4-7-18-20(15)17(22)14-25(18)28(26,27)19-8-3-2-6-16(19)21/h2-8,14H,9-13H2,1H3. The summed E-state index contributed by atoms with van der Waals surface area (Å²) in [5.74, 6) is 0. The molecule has 148 valence electrons. The largest absolute Gasteiger partial charge is 0.304 e. The fourth-order valence-electron chi connectivity index (χ4n) is 3.62. The molecule has 2 aromatic carbocycles. The molecule has 1 aromatic heterocycles. The number of hydrogen-bond acceptors (Lipinski definition) is 4. The van der Waals surface area contributed by atoms with Gasteiger partial charge in [-0.1, -0.05) is 35.9 Å². The quantitative estimate of drug-likeness (QED) is 0.563. The van der Waals surface area contributed by atoms with Crippen molar-refractivity contribution in [3.63, 3.8) is 0 Å². The molecule has 1 saturated heterocycles. The van der Waals surface area contributed by atoms with E-state index in [1.807, 2.05) is 18.2 Å². The van der Waals surface area contributed by atoms with Gasteiger partial charge in [-0.05, 0) is 46.7 Å². The second-order valence-corrected chi connectivity index (χ2v) is 10.1. The smallest absolute Gasteiger partial charge is 0.269 e. The summed E-state index contributed by atoms with van der Waals surface area (Å²) < 4.78 is 28.4. The van der Waals surface area contributed by atoms with E-state index in [1.165, 1.54) is 10.2 Å². The summed E-state index contributed by atoms with van der Waals surface area (Å²) in [6, 6.07) is 12.6. The molecule has 0 amide bonds. The number of nitrogens with zero attached hydrogens (tertiary/aromatic N) is 3. The van der Waals surface area contributed by atoms with Crippen LogP contribution >= 0.6 is 27.5 Å². The van der Waals surface area contributed by atoms with Gasteiger partial charge in [-0.3, -0.25) is 4.90 Å². The van der Waals surface area contributed by atoms with E-state index in [-0.39, 0.29) is 4.90 Å². The second-order valence-electron chi connectivity index (χ2n) is 7.10. The van der Waals surface area contributed by atoms with Gasteiger partial charge in [-0.25, -0.2) is 12.4 Å². The lowest BCUT2D eigenvalue weighted by atomic mass is 10.1. The number of aromatic nitrogens is 1. The van der Waals surface area contributed by atoms with Gasteiger partial charge in [0.2, 0.25) is 0 Å². The van der Waals surface area contributed by atoms with Gasteiger partial charge in [0.15, 0.2) is 0 Å². The Morgan fingerprint density at radius 2 is 1.75 bits per heavy atom. The lowest BCUT2D eigenvalue weighted by Gasteiger charge is -2.32. The highest BCUT2D eigenvalue weighted by molar-refractivity contribution is 9.10. The van der Waals surface area contributed by atoms with E-state index in [4.69, 9.17) is 11.6 Å². The highest BCUT2D eigenvalue weighted by Gasteiger charge is 2.24. The molecule has 1 aliphatic heterocycles. The van der Waals surface area contributed by atoms with Crippen molar-refractivity contribution >= 4 is 48.5 Å². The predicted molar refractivity (Wildman–Crippen MR) is 116 cm³/mol. The summed E-state index contributed by atoms with van der Waals surface area (Å²) in [7, 11) is -1.64. The van der Waals surface area contributed by atoms with Gasteiger partial charge in [0.05, 0.1) is 10.5 Å². The zero-order chi connectivity index (χ0) is 19.9. The molecule has 0 spiro atoms. The van der Waals surface area contributed by atoms with Crippen LogP contribution in [-0.2, 0) is 16.6 Å². The third-order valence-corrected chi connectivity index (χ3v) is 8.17. The van der Waals surface area contributed by atoms with Crippen molar-refractivity contribution in [2.45, 2.75) is 11.4 Å². The lowest BCUT2D eigenvalue weighted by Crippen LogP contribution is -2.43. The number of hydrogen-bond donors (Lipinski definition) is 0.